The van der Waals surface area contributed by atoms with E-state index in [0.717, 1.165) is 6.07 Å². The lowest BCUT2D eigenvalue weighted by Crippen LogP contribution is -2.53. The zero-order valence-corrected chi connectivity index (χ0v) is 11.7. The van der Waals surface area contributed by atoms with Crippen LogP contribution in [0, 0.1) is 12.4 Å². The minimum Gasteiger partial charge on any atom is -0.486 e. The van der Waals surface area contributed by atoms with Crippen LogP contribution in [0.2, 0.25) is 0 Å². The van der Waals surface area contributed by atoms with E-state index < -0.39 is 23.6 Å². The van der Waals surface area contributed by atoms with Gasteiger partial charge in [-0.15, -0.1) is 12.4 Å². The molecule has 1 aromatic carbocycles. The first-order valence-corrected chi connectivity index (χ1v) is 5.92. The maximum absolute atomic E-state index is 13.5. The molecule has 1 heterocycles. The van der Waals surface area contributed by atoms with Gasteiger partial charge in [0.25, 0.3) is 0 Å². The van der Waals surface area contributed by atoms with Crippen LogP contribution in [0.5, 0.6) is 5.75 Å². The predicted octanol–water partition coefficient (Wildman–Crippen LogP) is 1.26. The zero-order valence-electron chi connectivity index (χ0n) is 10.8. The Balaban J connectivity index is 0.00000200. The van der Waals surface area contributed by atoms with Crippen molar-refractivity contribution in [3.05, 3.63) is 35.4 Å². The topological polar surface area (TPSA) is 66.1 Å². The largest absolute Gasteiger partial charge is 0.486 e. The first kappa shape index (κ1) is 16.7. The van der Waals surface area contributed by atoms with Gasteiger partial charge in [-0.1, -0.05) is 0 Å². The highest BCUT2D eigenvalue weighted by Crippen LogP contribution is 2.28. The summed E-state index contributed by atoms with van der Waals surface area (Å²) in [6.07, 6.45) is -1.65. The van der Waals surface area contributed by atoms with Gasteiger partial charge in [0, 0.05) is 19.2 Å². The van der Waals surface area contributed by atoms with Crippen LogP contribution in [-0.2, 0) is 0 Å². The van der Waals surface area contributed by atoms with E-state index in [-0.39, 0.29) is 30.4 Å². The molecular weight excluding hydrogens is 287 g/mol. The van der Waals surface area contributed by atoms with Crippen LogP contribution >= 0.6 is 12.4 Å². The van der Waals surface area contributed by atoms with Crippen molar-refractivity contribution in [3.8, 4) is 5.75 Å². The van der Waals surface area contributed by atoms with Gasteiger partial charge in [-0.2, -0.15) is 0 Å². The second-order valence-electron chi connectivity index (χ2n) is 4.63. The summed E-state index contributed by atoms with van der Waals surface area (Å²) in [6, 6.07) is 3.90. The van der Waals surface area contributed by atoms with Gasteiger partial charge in [0.15, 0.2) is 0 Å². The van der Waals surface area contributed by atoms with Gasteiger partial charge in [0.2, 0.25) is 5.69 Å². The van der Waals surface area contributed by atoms with E-state index in [1.165, 1.54) is 19.1 Å². The molecule has 3 N–H and O–H groups in total. The molecule has 0 radical (unpaired) electrons. The number of hydrogen-bond donors (Lipinski definition) is 3. The molecule has 110 valence electrons. The Morgan fingerprint density at radius 1 is 1.60 bits per heavy atom. The van der Waals surface area contributed by atoms with E-state index in [2.05, 4.69) is 10.2 Å². The first-order chi connectivity index (χ1) is 8.97. The van der Waals surface area contributed by atoms with Crippen LogP contribution in [0.4, 0.5) is 10.1 Å². The number of hydrogen-bond acceptors (Lipinski definition) is 4. The zero-order chi connectivity index (χ0) is 14.0. The van der Waals surface area contributed by atoms with Crippen molar-refractivity contribution in [1.29, 1.82) is 0 Å². The van der Waals surface area contributed by atoms with E-state index in [0.29, 0.717) is 6.54 Å². The number of nitrogens with one attached hydrogen (secondary N) is 1. The van der Waals surface area contributed by atoms with Crippen LogP contribution < -0.4 is 10.1 Å². The average Bonchev–Trinajstić information content (AvgIpc) is 2.73. The van der Waals surface area contributed by atoms with Crippen molar-refractivity contribution >= 4 is 18.1 Å². The standard InChI is InChI=1S/C13H15FN2O3.ClH/c1-8(17)13(18)7-16-6-12(13)19-9-3-4-11(15-2)10(14)5-9;/h3-5,8,12,16-18H,6-7H2,1H3;1H/t8-,12-,13+;/m0./s1. The molecule has 2 rings (SSSR count). The second-order valence-corrected chi connectivity index (χ2v) is 4.63. The fourth-order valence-corrected chi connectivity index (χ4v) is 2.07. The molecule has 0 saturated carbocycles. The molecule has 20 heavy (non-hydrogen) atoms. The molecule has 1 aliphatic heterocycles. The van der Waals surface area contributed by atoms with Gasteiger partial charge in [-0.3, -0.25) is 0 Å². The third kappa shape index (κ3) is 3.02. The molecule has 0 bridgehead atoms. The van der Waals surface area contributed by atoms with Gasteiger partial charge in [-0.05, 0) is 19.1 Å². The van der Waals surface area contributed by atoms with E-state index in [1.54, 1.807) is 0 Å². The maximum Gasteiger partial charge on any atom is 0.222 e. The SMILES string of the molecule is Cl.[C-]#[N+]c1ccc(O[C@H]2CNC[C@@]2(O)[C@H](C)O)cc1F. The number of rotatable bonds is 3. The third-order valence-electron chi connectivity index (χ3n) is 3.34. The summed E-state index contributed by atoms with van der Waals surface area (Å²) >= 11 is 0. The van der Waals surface area contributed by atoms with E-state index in [9.17, 15) is 14.6 Å². The monoisotopic (exact) mass is 302 g/mol. The summed E-state index contributed by atoms with van der Waals surface area (Å²) in [7, 11) is 0. The van der Waals surface area contributed by atoms with Crippen molar-refractivity contribution in [1.82, 2.24) is 5.32 Å². The molecule has 0 amide bonds. The molecule has 1 saturated heterocycles. The quantitative estimate of drug-likeness (QED) is 0.736. The van der Waals surface area contributed by atoms with Crippen LogP contribution in [0.1, 0.15) is 6.92 Å². The van der Waals surface area contributed by atoms with E-state index >= 15 is 0 Å². The molecule has 7 heteroatoms. The number of ether oxygens (including phenoxy) is 1. The van der Waals surface area contributed by atoms with Crippen LogP contribution in [0.15, 0.2) is 18.2 Å². The molecule has 1 fully saturated rings. The minimum absolute atomic E-state index is 0. The lowest BCUT2D eigenvalue weighted by atomic mass is 9.94. The summed E-state index contributed by atoms with van der Waals surface area (Å²) < 4.78 is 19.0. The molecule has 0 unspecified atom stereocenters. The number of halogens is 2. The van der Waals surface area contributed by atoms with Crippen molar-refractivity contribution in [2.45, 2.75) is 24.7 Å². The Hall–Kier alpha value is -1.39. The van der Waals surface area contributed by atoms with Gasteiger partial charge in [0.05, 0.1) is 12.7 Å². The van der Waals surface area contributed by atoms with Crippen LogP contribution in [0.3, 0.4) is 0 Å². The number of β-amino-alcohol motifs (C(OH)–C–C–N with tert-alkyl or cyclic N) is 1. The average molecular weight is 303 g/mol. The fourth-order valence-electron chi connectivity index (χ4n) is 2.07. The number of aliphatic hydroxyl groups excluding tert-OH is 1. The van der Waals surface area contributed by atoms with Gasteiger partial charge < -0.3 is 20.3 Å². The molecule has 3 atom stereocenters. The van der Waals surface area contributed by atoms with Gasteiger partial charge in [-0.25, -0.2) is 9.24 Å². The van der Waals surface area contributed by atoms with Gasteiger partial charge >= 0.3 is 0 Å². The van der Waals surface area contributed by atoms with Crippen molar-refractivity contribution in [2.24, 2.45) is 0 Å². The highest BCUT2D eigenvalue weighted by molar-refractivity contribution is 5.85. The Bertz CT molecular complexity index is 521. The first-order valence-electron chi connectivity index (χ1n) is 5.92. The van der Waals surface area contributed by atoms with E-state index in [1.807, 2.05) is 0 Å². The van der Waals surface area contributed by atoms with Crippen LogP contribution in [0.25, 0.3) is 4.85 Å². The molecule has 5 nitrogen and oxygen atoms in total. The molecular formula is C13H16ClFN2O3. The third-order valence-corrected chi connectivity index (χ3v) is 3.34. The Morgan fingerprint density at radius 2 is 2.30 bits per heavy atom. The van der Waals surface area contributed by atoms with Crippen molar-refractivity contribution in [3.63, 3.8) is 0 Å². The smallest absolute Gasteiger partial charge is 0.222 e. The summed E-state index contributed by atoms with van der Waals surface area (Å²) in [4.78, 5) is 3.02. The second kappa shape index (κ2) is 6.37. The summed E-state index contributed by atoms with van der Waals surface area (Å²) in [5.41, 5.74) is -1.49. The minimum atomic E-state index is -1.41. The van der Waals surface area contributed by atoms with Crippen molar-refractivity contribution < 1.29 is 19.3 Å². The Kier molecular flexibility index (Phi) is 5.31. The highest BCUT2D eigenvalue weighted by atomic mass is 35.5. The lowest BCUT2D eigenvalue weighted by Gasteiger charge is -2.31. The normalized spacial score (nSPS) is 26.4. The molecule has 0 aliphatic carbocycles. The highest BCUT2D eigenvalue weighted by Gasteiger charge is 2.47. The fraction of sp³-hybridized carbons (Fsp3) is 0.462. The molecule has 1 aliphatic rings. The Labute approximate surface area is 122 Å². The van der Waals surface area contributed by atoms with Crippen molar-refractivity contribution in [2.75, 3.05) is 13.1 Å². The predicted molar refractivity (Wildman–Crippen MR) is 73.8 cm³/mol. The maximum atomic E-state index is 13.5. The summed E-state index contributed by atoms with van der Waals surface area (Å²) in [6.45, 7) is 8.80. The number of aliphatic hydroxyl groups is 2. The molecule has 0 spiro atoms. The number of nitrogens with zero attached hydrogens (tertiary/aromatic N) is 1. The molecule has 0 aromatic heterocycles. The number of benzene rings is 1. The summed E-state index contributed by atoms with van der Waals surface area (Å²) in [5, 5.41) is 22.8. The van der Waals surface area contributed by atoms with Crippen LogP contribution in [-0.4, -0.2) is 41.1 Å². The lowest BCUT2D eigenvalue weighted by molar-refractivity contribution is -0.103. The van der Waals surface area contributed by atoms with Gasteiger partial charge in [0.1, 0.15) is 23.3 Å². The summed E-state index contributed by atoms with van der Waals surface area (Å²) in [5.74, 6) is -0.447. The van der Waals surface area contributed by atoms with E-state index in [4.69, 9.17) is 11.3 Å². The Morgan fingerprint density at radius 3 is 2.85 bits per heavy atom. The molecule has 1 aromatic rings.